The number of hydrogen-bond donors (Lipinski definition) is 2. The van der Waals surface area contributed by atoms with Gasteiger partial charge in [-0.1, -0.05) is 19.3 Å². The van der Waals surface area contributed by atoms with Gasteiger partial charge < -0.3 is 10.6 Å². The van der Waals surface area contributed by atoms with Gasteiger partial charge in [0.2, 0.25) is 5.95 Å². The summed E-state index contributed by atoms with van der Waals surface area (Å²) in [5.74, 6) is 0.940. The van der Waals surface area contributed by atoms with Gasteiger partial charge in [0.05, 0.1) is 0 Å². The summed E-state index contributed by atoms with van der Waals surface area (Å²) in [6.45, 7) is 2.90. The summed E-state index contributed by atoms with van der Waals surface area (Å²) in [4.78, 5) is 7.52. The molecule has 1 fully saturated rings. The minimum absolute atomic E-state index is 0.00784. The maximum absolute atomic E-state index is 12.8. The molecule has 0 bridgehead atoms. The molecule has 1 aromatic heterocycles. The molecule has 2 rings (SSSR count). The Bertz CT molecular complexity index is 444. The fourth-order valence-electron chi connectivity index (χ4n) is 2.11. The summed E-state index contributed by atoms with van der Waals surface area (Å²) in [6, 6.07) is 0.960. The standard InChI is InChI=1S/C13H19F3N4/c1-2-17-12-19-10(13(14,15)16)8-11(20-12)18-7-6-9-4-3-5-9/h8-9H,2-7H2,1H3,(H2,17,18,19,20). The van der Waals surface area contributed by atoms with Crippen LogP contribution in [-0.2, 0) is 6.18 Å². The lowest BCUT2D eigenvalue weighted by Crippen LogP contribution is -2.17. The van der Waals surface area contributed by atoms with Crippen LogP contribution in [0.5, 0.6) is 0 Å². The zero-order valence-corrected chi connectivity index (χ0v) is 11.4. The molecule has 0 aliphatic heterocycles. The number of alkyl halides is 3. The topological polar surface area (TPSA) is 49.8 Å². The summed E-state index contributed by atoms with van der Waals surface area (Å²) in [6.07, 6.45) is 0.226. The van der Waals surface area contributed by atoms with Crippen molar-refractivity contribution in [1.82, 2.24) is 9.97 Å². The summed E-state index contributed by atoms with van der Waals surface area (Å²) >= 11 is 0. The van der Waals surface area contributed by atoms with Gasteiger partial charge in [-0.2, -0.15) is 18.2 Å². The minimum Gasteiger partial charge on any atom is -0.370 e. The molecular formula is C13H19F3N4. The molecule has 1 aliphatic carbocycles. The molecule has 0 unspecified atom stereocenters. The van der Waals surface area contributed by atoms with E-state index in [-0.39, 0.29) is 11.8 Å². The summed E-state index contributed by atoms with van der Waals surface area (Å²) in [5.41, 5.74) is -0.922. The molecule has 112 valence electrons. The third kappa shape index (κ3) is 3.98. The van der Waals surface area contributed by atoms with Crippen LogP contribution in [0.3, 0.4) is 0 Å². The fraction of sp³-hybridized carbons (Fsp3) is 0.692. The smallest absolute Gasteiger partial charge is 0.370 e. The summed E-state index contributed by atoms with van der Waals surface area (Å²) < 4.78 is 38.3. The lowest BCUT2D eigenvalue weighted by Gasteiger charge is -2.25. The van der Waals surface area contributed by atoms with Crippen LogP contribution in [0.25, 0.3) is 0 Å². The largest absolute Gasteiger partial charge is 0.433 e. The fourth-order valence-corrected chi connectivity index (χ4v) is 2.11. The predicted octanol–water partition coefficient (Wildman–Crippen LogP) is 3.53. The molecule has 20 heavy (non-hydrogen) atoms. The summed E-state index contributed by atoms with van der Waals surface area (Å²) in [7, 11) is 0. The molecule has 1 saturated carbocycles. The normalized spacial score (nSPS) is 15.8. The van der Waals surface area contributed by atoms with Crippen molar-refractivity contribution < 1.29 is 13.2 Å². The van der Waals surface area contributed by atoms with Gasteiger partial charge in [0.15, 0.2) is 5.69 Å². The molecule has 4 nitrogen and oxygen atoms in total. The van der Waals surface area contributed by atoms with Crippen LogP contribution in [0.2, 0.25) is 0 Å². The van der Waals surface area contributed by atoms with Crippen LogP contribution < -0.4 is 10.6 Å². The monoisotopic (exact) mass is 288 g/mol. The van der Waals surface area contributed by atoms with E-state index in [1.54, 1.807) is 6.92 Å². The number of halogens is 3. The Labute approximate surface area is 116 Å². The molecule has 0 aromatic carbocycles. The van der Waals surface area contributed by atoms with E-state index >= 15 is 0 Å². The van der Waals surface area contributed by atoms with Gasteiger partial charge in [0.25, 0.3) is 0 Å². The third-order valence-electron chi connectivity index (χ3n) is 3.43. The van der Waals surface area contributed by atoms with E-state index in [0.29, 0.717) is 19.0 Å². The molecule has 1 aromatic rings. The van der Waals surface area contributed by atoms with Gasteiger partial charge in [-0.05, 0) is 19.3 Å². The number of rotatable bonds is 6. The third-order valence-corrected chi connectivity index (χ3v) is 3.43. The Morgan fingerprint density at radius 1 is 1.25 bits per heavy atom. The zero-order valence-electron chi connectivity index (χ0n) is 11.4. The van der Waals surface area contributed by atoms with E-state index in [4.69, 9.17) is 0 Å². The van der Waals surface area contributed by atoms with Crippen LogP contribution in [0.1, 0.15) is 38.3 Å². The SMILES string of the molecule is CCNc1nc(NCCC2CCC2)cc(C(F)(F)F)n1. The van der Waals surface area contributed by atoms with E-state index in [0.717, 1.165) is 12.5 Å². The first-order chi connectivity index (χ1) is 9.49. The first-order valence-electron chi connectivity index (χ1n) is 6.93. The lowest BCUT2D eigenvalue weighted by atomic mass is 9.83. The Kier molecular flexibility index (Phi) is 4.67. The van der Waals surface area contributed by atoms with Crippen LogP contribution in [0.15, 0.2) is 6.07 Å². The van der Waals surface area contributed by atoms with Crippen molar-refractivity contribution in [2.24, 2.45) is 5.92 Å². The van der Waals surface area contributed by atoms with Crippen molar-refractivity contribution in [3.8, 4) is 0 Å². The maximum Gasteiger partial charge on any atom is 0.433 e. The van der Waals surface area contributed by atoms with E-state index in [2.05, 4.69) is 20.6 Å². The average Bonchev–Trinajstić information content (AvgIpc) is 2.31. The van der Waals surface area contributed by atoms with Crippen LogP contribution in [0, 0.1) is 5.92 Å². The highest BCUT2D eigenvalue weighted by molar-refractivity contribution is 5.43. The van der Waals surface area contributed by atoms with Crippen molar-refractivity contribution in [1.29, 1.82) is 0 Å². The molecule has 1 aliphatic rings. The molecule has 7 heteroatoms. The van der Waals surface area contributed by atoms with Gasteiger partial charge in [-0.15, -0.1) is 0 Å². The Hall–Kier alpha value is -1.53. The first-order valence-corrected chi connectivity index (χ1v) is 6.93. The van der Waals surface area contributed by atoms with E-state index in [1.165, 1.54) is 19.3 Å². The van der Waals surface area contributed by atoms with Crippen molar-refractivity contribution in [3.05, 3.63) is 11.8 Å². The zero-order chi connectivity index (χ0) is 14.6. The van der Waals surface area contributed by atoms with Crippen molar-refractivity contribution in [2.75, 3.05) is 23.7 Å². The van der Waals surface area contributed by atoms with Gasteiger partial charge in [-0.3, -0.25) is 0 Å². The Morgan fingerprint density at radius 2 is 2.00 bits per heavy atom. The highest BCUT2D eigenvalue weighted by Gasteiger charge is 2.33. The number of nitrogens with one attached hydrogen (secondary N) is 2. The van der Waals surface area contributed by atoms with Gasteiger partial charge in [-0.25, -0.2) is 4.98 Å². The molecule has 0 amide bonds. The Morgan fingerprint density at radius 3 is 2.55 bits per heavy atom. The van der Waals surface area contributed by atoms with Crippen LogP contribution >= 0.6 is 0 Å². The number of hydrogen-bond acceptors (Lipinski definition) is 4. The van der Waals surface area contributed by atoms with Crippen molar-refractivity contribution >= 4 is 11.8 Å². The number of anilines is 2. The number of aromatic nitrogens is 2. The Balaban J connectivity index is 2.03. The van der Waals surface area contributed by atoms with Gasteiger partial charge in [0, 0.05) is 19.2 Å². The second kappa shape index (κ2) is 6.28. The maximum atomic E-state index is 12.8. The molecule has 1 heterocycles. The molecule has 2 N–H and O–H groups in total. The molecule has 0 spiro atoms. The number of nitrogens with zero attached hydrogens (tertiary/aromatic N) is 2. The van der Waals surface area contributed by atoms with Crippen LogP contribution in [-0.4, -0.2) is 23.1 Å². The van der Waals surface area contributed by atoms with Gasteiger partial charge in [0.1, 0.15) is 5.82 Å². The second-order valence-corrected chi connectivity index (χ2v) is 5.00. The van der Waals surface area contributed by atoms with Crippen LogP contribution in [0.4, 0.5) is 24.9 Å². The summed E-state index contributed by atoms with van der Waals surface area (Å²) in [5, 5.41) is 5.68. The molecule has 0 saturated heterocycles. The average molecular weight is 288 g/mol. The molecule has 0 atom stereocenters. The quantitative estimate of drug-likeness (QED) is 0.840. The van der Waals surface area contributed by atoms with Crippen molar-refractivity contribution in [2.45, 2.75) is 38.8 Å². The van der Waals surface area contributed by atoms with E-state index in [9.17, 15) is 13.2 Å². The minimum atomic E-state index is -4.46. The first kappa shape index (κ1) is 14.9. The van der Waals surface area contributed by atoms with E-state index < -0.39 is 11.9 Å². The highest BCUT2D eigenvalue weighted by atomic mass is 19.4. The molecular weight excluding hydrogens is 269 g/mol. The lowest BCUT2D eigenvalue weighted by molar-refractivity contribution is -0.141. The predicted molar refractivity (Wildman–Crippen MR) is 71.6 cm³/mol. The van der Waals surface area contributed by atoms with E-state index in [1.807, 2.05) is 0 Å². The second-order valence-electron chi connectivity index (χ2n) is 5.00. The molecule has 0 radical (unpaired) electrons. The van der Waals surface area contributed by atoms with Crippen molar-refractivity contribution in [3.63, 3.8) is 0 Å². The highest BCUT2D eigenvalue weighted by Crippen LogP contribution is 2.31. The van der Waals surface area contributed by atoms with Gasteiger partial charge >= 0.3 is 6.18 Å².